The van der Waals surface area contributed by atoms with Crippen LogP contribution in [0.2, 0.25) is 0 Å². The molecule has 0 aliphatic carbocycles. The standard InChI is InChI=1S/C11H22N4O2/c1-9(2)7-12-8-10-13-14-11(17-10)15(3)5-6-16-4/h9,12H,5-8H2,1-4H3. The van der Waals surface area contributed by atoms with E-state index in [4.69, 9.17) is 9.15 Å². The van der Waals surface area contributed by atoms with Gasteiger partial charge in [-0.25, -0.2) is 0 Å². The number of anilines is 1. The molecule has 1 heterocycles. The Bertz CT molecular complexity index is 314. The van der Waals surface area contributed by atoms with E-state index in [2.05, 4.69) is 29.4 Å². The Kier molecular flexibility index (Phi) is 5.93. The summed E-state index contributed by atoms with van der Waals surface area (Å²) in [6.07, 6.45) is 0. The van der Waals surface area contributed by atoms with Crippen molar-refractivity contribution in [2.24, 2.45) is 5.92 Å². The van der Waals surface area contributed by atoms with E-state index in [1.807, 2.05) is 11.9 Å². The topological polar surface area (TPSA) is 63.4 Å². The maximum absolute atomic E-state index is 5.51. The molecule has 0 fully saturated rings. The van der Waals surface area contributed by atoms with Crippen LogP contribution >= 0.6 is 0 Å². The Morgan fingerprint density at radius 1 is 1.41 bits per heavy atom. The van der Waals surface area contributed by atoms with Crippen LogP contribution in [0.3, 0.4) is 0 Å². The van der Waals surface area contributed by atoms with Crippen LogP contribution in [0.4, 0.5) is 6.01 Å². The van der Waals surface area contributed by atoms with Crippen LogP contribution < -0.4 is 10.2 Å². The molecule has 0 unspecified atom stereocenters. The highest BCUT2D eigenvalue weighted by molar-refractivity contribution is 5.21. The van der Waals surface area contributed by atoms with Crippen molar-refractivity contribution in [1.82, 2.24) is 15.5 Å². The van der Waals surface area contributed by atoms with Gasteiger partial charge in [-0.05, 0) is 12.5 Å². The lowest BCUT2D eigenvalue weighted by molar-refractivity contribution is 0.205. The van der Waals surface area contributed by atoms with Gasteiger partial charge >= 0.3 is 6.01 Å². The molecule has 0 aliphatic rings. The number of nitrogens with one attached hydrogen (secondary N) is 1. The second-order valence-electron chi connectivity index (χ2n) is 4.42. The summed E-state index contributed by atoms with van der Waals surface area (Å²) in [6.45, 7) is 7.24. The first-order valence-electron chi connectivity index (χ1n) is 5.86. The zero-order chi connectivity index (χ0) is 12.7. The third kappa shape index (κ3) is 5.14. The fourth-order valence-electron chi connectivity index (χ4n) is 1.26. The SMILES string of the molecule is COCCN(C)c1nnc(CNCC(C)C)o1. The summed E-state index contributed by atoms with van der Waals surface area (Å²) in [4.78, 5) is 1.88. The lowest BCUT2D eigenvalue weighted by atomic mass is 10.2. The van der Waals surface area contributed by atoms with Crippen LogP contribution in [0, 0.1) is 5.92 Å². The van der Waals surface area contributed by atoms with Gasteiger partial charge in [0.25, 0.3) is 0 Å². The Labute approximate surface area is 102 Å². The first-order valence-corrected chi connectivity index (χ1v) is 5.86. The van der Waals surface area contributed by atoms with Crippen molar-refractivity contribution in [3.8, 4) is 0 Å². The van der Waals surface area contributed by atoms with Crippen molar-refractivity contribution in [3.05, 3.63) is 5.89 Å². The number of nitrogens with zero attached hydrogens (tertiary/aromatic N) is 3. The summed E-state index contributed by atoms with van der Waals surface area (Å²) in [6, 6.07) is 0.531. The monoisotopic (exact) mass is 242 g/mol. The van der Waals surface area contributed by atoms with Crippen LogP contribution in [0.15, 0.2) is 4.42 Å². The quantitative estimate of drug-likeness (QED) is 0.730. The van der Waals surface area contributed by atoms with E-state index in [1.165, 1.54) is 0 Å². The molecule has 0 aliphatic heterocycles. The van der Waals surface area contributed by atoms with E-state index in [-0.39, 0.29) is 0 Å². The van der Waals surface area contributed by atoms with Crippen LogP contribution in [-0.2, 0) is 11.3 Å². The number of ether oxygens (including phenoxy) is 1. The number of likely N-dealkylation sites (N-methyl/N-ethyl adjacent to an activating group) is 1. The normalized spacial score (nSPS) is 11.1. The maximum atomic E-state index is 5.51. The lowest BCUT2D eigenvalue weighted by Gasteiger charge is -2.12. The molecule has 98 valence electrons. The Balaban J connectivity index is 2.36. The second-order valence-corrected chi connectivity index (χ2v) is 4.42. The summed E-state index contributed by atoms with van der Waals surface area (Å²) in [7, 11) is 3.57. The molecule has 1 rings (SSSR count). The molecule has 0 saturated heterocycles. The highest BCUT2D eigenvalue weighted by atomic mass is 16.5. The van der Waals surface area contributed by atoms with Gasteiger partial charge < -0.3 is 19.4 Å². The number of rotatable bonds is 8. The number of methoxy groups -OCH3 is 1. The van der Waals surface area contributed by atoms with Crippen molar-refractivity contribution in [2.75, 3.05) is 38.8 Å². The number of hydrogen-bond donors (Lipinski definition) is 1. The molecule has 0 spiro atoms. The van der Waals surface area contributed by atoms with E-state index in [1.54, 1.807) is 7.11 Å². The van der Waals surface area contributed by atoms with Gasteiger partial charge in [-0.2, -0.15) is 0 Å². The number of aromatic nitrogens is 2. The first-order chi connectivity index (χ1) is 8.13. The molecule has 6 heteroatoms. The molecular weight excluding hydrogens is 220 g/mol. The van der Waals surface area contributed by atoms with Gasteiger partial charge in [-0.15, -0.1) is 5.10 Å². The highest BCUT2D eigenvalue weighted by Gasteiger charge is 2.10. The summed E-state index contributed by atoms with van der Waals surface area (Å²) < 4.78 is 10.5. The average Bonchev–Trinajstić information content (AvgIpc) is 2.74. The third-order valence-electron chi connectivity index (χ3n) is 2.24. The minimum atomic E-state index is 0.531. The van der Waals surface area contributed by atoms with E-state index < -0.39 is 0 Å². The predicted molar refractivity (Wildman–Crippen MR) is 66.0 cm³/mol. The van der Waals surface area contributed by atoms with Gasteiger partial charge in [0.05, 0.1) is 13.2 Å². The highest BCUT2D eigenvalue weighted by Crippen LogP contribution is 2.09. The van der Waals surface area contributed by atoms with Crippen LogP contribution in [0.5, 0.6) is 0 Å². The fraction of sp³-hybridized carbons (Fsp3) is 0.818. The molecular formula is C11H22N4O2. The van der Waals surface area contributed by atoms with E-state index in [0.29, 0.717) is 31.0 Å². The van der Waals surface area contributed by atoms with Crippen LogP contribution in [0.1, 0.15) is 19.7 Å². The molecule has 0 radical (unpaired) electrons. The molecule has 1 aromatic rings. The molecule has 0 bridgehead atoms. The van der Waals surface area contributed by atoms with E-state index in [9.17, 15) is 0 Å². The molecule has 0 atom stereocenters. The van der Waals surface area contributed by atoms with E-state index in [0.717, 1.165) is 13.1 Å². The summed E-state index contributed by atoms with van der Waals surface area (Å²) >= 11 is 0. The van der Waals surface area contributed by atoms with Gasteiger partial charge in [-0.1, -0.05) is 18.9 Å². The molecule has 1 aromatic heterocycles. The lowest BCUT2D eigenvalue weighted by Crippen LogP contribution is -2.22. The molecule has 0 aromatic carbocycles. The predicted octanol–water partition coefficient (Wildman–Crippen LogP) is 0.898. The molecule has 17 heavy (non-hydrogen) atoms. The van der Waals surface area contributed by atoms with Crippen molar-refractivity contribution in [1.29, 1.82) is 0 Å². The largest absolute Gasteiger partial charge is 0.407 e. The van der Waals surface area contributed by atoms with Crippen LogP contribution in [0.25, 0.3) is 0 Å². The minimum Gasteiger partial charge on any atom is -0.407 e. The van der Waals surface area contributed by atoms with Crippen LogP contribution in [-0.4, -0.2) is 44.1 Å². The molecule has 6 nitrogen and oxygen atoms in total. The van der Waals surface area contributed by atoms with E-state index >= 15 is 0 Å². The Morgan fingerprint density at radius 3 is 2.82 bits per heavy atom. The van der Waals surface area contributed by atoms with Crippen molar-refractivity contribution >= 4 is 6.01 Å². The minimum absolute atomic E-state index is 0.531. The molecule has 0 amide bonds. The first kappa shape index (κ1) is 13.9. The summed E-state index contributed by atoms with van der Waals surface area (Å²) in [5.74, 6) is 1.23. The van der Waals surface area contributed by atoms with Gasteiger partial charge in [0.2, 0.25) is 5.89 Å². The zero-order valence-electron chi connectivity index (χ0n) is 11.1. The maximum Gasteiger partial charge on any atom is 0.318 e. The molecule has 1 N–H and O–H groups in total. The summed E-state index contributed by atoms with van der Waals surface area (Å²) in [5, 5.41) is 11.2. The Hall–Kier alpha value is -1.14. The smallest absolute Gasteiger partial charge is 0.318 e. The van der Waals surface area contributed by atoms with Crippen molar-refractivity contribution in [2.45, 2.75) is 20.4 Å². The fourth-order valence-corrected chi connectivity index (χ4v) is 1.26. The van der Waals surface area contributed by atoms with Gasteiger partial charge in [0, 0.05) is 20.7 Å². The Morgan fingerprint density at radius 2 is 2.18 bits per heavy atom. The van der Waals surface area contributed by atoms with Gasteiger partial charge in [-0.3, -0.25) is 0 Å². The molecule has 0 saturated carbocycles. The zero-order valence-corrected chi connectivity index (χ0v) is 11.1. The third-order valence-corrected chi connectivity index (χ3v) is 2.24. The van der Waals surface area contributed by atoms with Crippen molar-refractivity contribution in [3.63, 3.8) is 0 Å². The van der Waals surface area contributed by atoms with Gasteiger partial charge in [0.15, 0.2) is 0 Å². The number of hydrogen-bond acceptors (Lipinski definition) is 6. The average molecular weight is 242 g/mol. The van der Waals surface area contributed by atoms with Gasteiger partial charge in [0.1, 0.15) is 0 Å². The summed E-state index contributed by atoms with van der Waals surface area (Å²) in [5.41, 5.74) is 0. The van der Waals surface area contributed by atoms with Crippen molar-refractivity contribution < 1.29 is 9.15 Å². The second kappa shape index (κ2) is 7.24.